The summed E-state index contributed by atoms with van der Waals surface area (Å²) in [6.45, 7) is 13.1. The molecule has 0 aromatic heterocycles. The molecule has 2 saturated carbocycles. The van der Waals surface area contributed by atoms with Gasteiger partial charge in [0.25, 0.3) is 0 Å². The molecule has 2 fully saturated rings. The molecular weight excluding hydrogens is 624 g/mol. The molecule has 9 heteroatoms. The topological polar surface area (TPSA) is 143 Å². The summed E-state index contributed by atoms with van der Waals surface area (Å²) in [5.41, 5.74) is 2.58. The molecule has 1 aliphatic heterocycles. The third-order valence-electron chi connectivity index (χ3n) is 10.2. The van der Waals surface area contributed by atoms with Crippen molar-refractivity contribution < 1.29 is 44.2 Å². The molecule has 2 aliphatic carbocycles. The highest BCUT2D eigenvalue weighted by Gasteiger charge is 2.40. The molecule has 4 N–H and O–H groups in total. The van der Waals surface area contributed by atoms with Gasteiger partial charge in [-0.1, -0.05) is 52.0 Å². The molecular formula is C40H58O9. The second-order valence-corrected chi connectivity index (χ2v) is 14.9. The lowest BCUT2D eigenvalue weighted by atomic mass is 9.60. The Balaban J connectivity index is 0.000000231. The minimum absolute atomic E-state index is 0.0461. The summed E-state index contributed by atoms with van der Waals surface area (Å²) in [5, 5.41) is 37.8. The maximum absolute atomic E-state index is 9.92. The van der Waals surface area contributed by atoms with Gasteiger partial charge in [-0.25, -0.2) is 9.59 Å². The zero-order valence-corrected chi connectivity index (χ0v) is 30.1. The highest BCUT2D eigenvalue weighted by Crippen LogP contribution is 2.48. The minimum Gasteiger partial charge on any atom is -0.491 e. The van der Waals surface area contributed by atoms with Gasteiger partial charge in [0, 0.05) is 17.6 Å². The summed E-state index contributed by atoms with van der Waals surface area (Å²) < 4.78 is 15.0. The molecule has 5 rings (SSSR count). The lowest BCUT2D eigenvalue weighted by molar-refractivity contribution is -0.150. The van der Waals surface area contributed by atoms with Gasteiger partial charge in [0.1, 0.15) is 24.7 Å². The van der Waals surface area contributed by atoms with Crippen LogP contribution >= 0.6 is 0 Å². The van der Waals surface area contributed by atoms with Crippen LogP contribution in [0.1, 0.15) is 104 Å². The number of benzene rings is 2. The molecule has 2 aromatic rings. The summed E-state index contributed by atoms with van der Waals surface area (Å²) in [6.07, 6.45) is 9.83. The summed E-state index contributed by atoms with van der Waals surface area (Å²) in [4.78, 5) is 19.8. The second kappa shape index (κ2) is 18.7. The van der Waals surface area contributed by atoms with Gasteiger partial charge in [0.05, 0.1) is 24.4 Å². The van der Waals surface area contributed by atoms with E-state index in [2.05, 4.69) is 56.7 Å². The van der Waals surface area contributed by atoms with Gasteiger partial charge in [-0.05, 0) is 118 Å². The van der Waals surface area contributed by atoms with Crippen LogP contribution in [0.15, 0.2) is 60.7 Å². The van der Waals surface area contributed by atoms with Crippen molar-refractivity contribution in [3.63, 3.8) is 0 Å². The van der Waals surface area contributed by atoms with Gasteiger partial charge in [-0.2, -0.15) is 0 Å². The van der Waals surface area contributed by atoms with Crippen LogP contribution in [-0.2, 0) is 19.7 Å². The minimum atomic E-state index is -0.579. The van der Waals surface area contributed by atoms with Crippen molar-refractivity contribution in [2.75, 3.05) is 13.2 Å². The molecule has 0 amide bonds. The molecule has 1 heterocycles. The molecule has 2 atom stereocenters. The van der Waals surface area contributed by atoms with E-state index >= 15 is 0 Å². The molecule has 3 aliphatic rings. The third-order valence-corrected chi connectivity index (χ3v) is 10.2. The van der Waals surface area contributed by atoms with E-state index in [4.69, 9.17) is 9.47 Å². The van der Waals surface area contributed by atoms with E-state index in [0.29, 0.717) is 5.41 Å². The third kappa shape index (κ3) is 12.9. The zero-order valence-electron chi connectivity index (χ0n) is 30.1. The highest BCUT2D eigenvalue weighted by atomic mass is 16.6. The normalized spacial score (nSPS) is 23.6. The van der Waals surface area contributed by atoms with Crippen molar-refractivity contribution in [3.05, 3.63) is 71.8 Å². The van der Waals surface area contributed by atoms with Crippen molar-refractivity contribution in [2.24, 2.45) is 17.3 Å². The van der Waals surface area contributed by atoms with Gasteiger partial charge >= 0.3 is 11.9 Å². The highest BCUT2D eigenvalue weighted by molar-refractivity contribution is 6.04. The van der Waals surface area contributed by atoms with Crippen LogP contribution in [0.3, 0.4) is 0 Å². The van der Waals surface area contributed by atoms with Gasteiger partial charge in [-0.15, -0.1) is 0 Å². The number of carbonyl (C=O) groups is 2. The molecule has 0 saturated heterocycles. The quantitative estimate of drug-likeness (QED) is 0.168. The zero-order chi connectivity index (χ0) is 36.2. The van der Waals surface area contributed by atoms with E-state index in [-0.39, 0.29) is 30.8 Å². The average molecular weight is 683 g/mol. The van der Waals surface area contributed by atoms with Gasteiger partial charge < -0.3 is 34.6 Å². The van der Waals surface area contributed by atoms with E-state index in [1.165, 1.54) is 36.8 Å². The molecule has 49 heavy (non-hydrogen) atoms. The molecule has 2 unspecified atom stereocenters. The van der Waals surface area contributed by atoms with Crippen LogP contribution in [0.2, 0.25) is 0 Å². The van der Waals surface area contributed by atoms with Crippen LogP contribution < -0.4 is 9.47 Å². The van der Waals surface area contributed by atoms with E-state index in [1.807, 2.05) is 24.3 Å². The van der Waals surface area contributed by atoms with E-state index < -0.39 is 24.1 Å². The fourth-order valence-corrected chi connectivity index (χ4v) is 6.81. The lowest BCUT2D eigenvalue weighted by Crippen LogP contribution is -2.38. The van der Waals surface area contributed by atoms with Gasteiger partial charge in [0.15, 0.2) is 0 Å². The van der Waals surface area contributed by atoms with Crippen LogP contribution in [0.5, 0.6) is 11.5 Å². The summed E-state index contributed by atoms with van der Waals surface area (Å²) in [5.74, 6) is 1.89. The maximum Gasteiger partial charge on any atom is 0.338 e. The maximum atomic E-state index is 9.92. The molecule has 9 nitrogen and oxygen atoms in total. The number of aliphatic hydroxyl groups excluding tert-OH is 4. The van der Waals surface area contributed by atoms with Crippen LogP contribution in [0.25, 0.3) is 0 Å². The number of aliphatic hydroxyl groups is 4. The monoisotopic (exact) mass is 682 g/mol. The first-order valence-corrected chi connectivity index (χ1v) is 17.7. The molecule has 0 radical (unpaired) electrons. The second-order valence-electron chi connectivity index (χ2n) is 14.9. The smallest absolute Gasteiger partial charge is 0.338 e. The fourth-order valence-electron chi connectivity index (χ4n) is 6.81. The average Bonchev–Trinajstić information content (AvgIpc) is 3.46. The Morgan fingerprint density at radius 2 is 0.959 bits per heavy atom. The number of ether oxygens (including phenoxy) is 3. The summed E-state index contributed by atoms with van der Waals surface area (Å²) in [7, 11) is 0. The Kier molecular flexibility index (Phi) is 15.3. The predicted octanol–water partition coefficient (Wildman–Crippen LogP) is 6.27. The number of cyclic esters (lactones) is 2. The van der Waals surface area contributed by atoms with Crippen LogP contribution in [0.4, 0.5) is 0 Å². The molecule has 0 bridgehead atoms. The first-order chi connectivity index (χ1) is 23.1. The Labute approximate surface area is 292 Å². The van der Waals surface area contributed by atoms with E-state index in [0.717, 1.165) is 61.2 Å². The fraction of sp³-hybridized carbons (Fsp3) is 0.600. The molecule has 272 valence electrons. The Bertz CT molecular complexity index is 1220. The predicted molar refractivity (Wildman–Crippen MR) is 189 cm³/mol. The van der Waals surface area contributed by atoms with Crippen LogP contribution in [0, 0.1) is 17.3 Å². The van der Waals surface area contributed by atoms with Crippen molar-refractivity contribution in [2.45, 2.75) is 123 Å². The molecule has 0 spiro atoms. The lowest BCUT2D eigenvalue weighted by Gasteiger charge is -2.46. The summed E-state index contributed by atoms with van der Waals surface area (Å²) in [6, 6.07) is 15.9. The standard InChI is InChI=1S/C21H28O4.C15H28O2.C4H2O3/c1-15(22)13-24-19-9-5-17(6-10-19)21(3,4)18-7-11-20(12-8-18)25-14-16(2)23;1-15(2,11-3-7-13(16)8-4-11)12-5-9-14(17)10-6-12;5-3-1-2-4(6)7-3/h5-12,15-16,22-23H,13-14H2,1-4H3;11-14,16-17H,3-10H2,1-2H3;1-2H. The number of esters is 2. The van der Waals surface area contributed by atoms with E-state index in [9.17, 15) is 30.0 Å². The summed E-state index contributed by atoms with van der Waals surface area (Å²) >= 11 is 0. The number of hydrogen-bond acceptors (Lipinski definition) is 9. The Hall–Kier alpha value is -3.24. The Morgan fingerprint density at radius 3 is 1.22 bits per heavy atom. The number of hydrogen-bond donors (Lipinski definition) is 4. The van der Waals surface area contributed by atoms with Crippen molar-refractivity contribution in [1.82, 2.24) is 0 Å². The number of carbonyl (C=O) groups excluding carboxylic acids is 2. The Morgan fingerprint density at radius 1 is 0.633 bits per heavy atom. The van der Waals surface area contributed by atoms with Crippen molar-refractivity contribution in [3.8, 4) is 11.5 Å². The van der Waals surface area contributed by atoms with Crippen molar-refractivity contribution in [1.29, 1.82) is 0 Å². The van der Waals surface area contributed by atoms with Gasteiger partial charge in [0.2, 0.25) is 0 Å². The largest absolute Gasteiger partial charge is 0.491 e. The first-order valence-electron chi connectivity index (χ1n) is 17.7. The first kappa shape index (κ1) is 40.2. The van der Waals surface area contributed by atoms with Gasteiger partial charge in [-0.3, -0.25) is 0 Å². The SMILES string of the molecule is CC(C)(C1CCC(O)CC1)C1CCC(O)CC1.CC(O)COc1ccc(C(C)(C)c2ccc(OCC(C)O)cc2)cc1.O=C1C=CC(=O)O1. The van der Waals surface area contributed by atoms with Crippen molar-refractivity contribution >= 4 is 11.9 Å². The van der Waals surface area contributed by atoms with E-state index in [1.54, 1.807) is 13.8 Å². The number of rotatable bonds is 10. The molecule has 2 aromatic carbocycles. The van der Waals surface area contributed by atoms with Crippen LogP contribution in [-0.4, -0.2) is 70.0 Å².